The van der Waals surface area contributed by atoms with Gasteiger partial charge in [0, 0.05) is 18.3 Å². The molecule has 9 heavy (non-hydrogen) atoms. The third kappa shape index (κ3) is 1.37. The van der Waals surface area contributed by atoms with Gasteiger partial charge in [0.25, 0.3) is 0 Å². The van der Waals surface area contributed by atoms with E-state index in [0.717, 1.165) is 5.56 Å². The second kappa shape index (κ2) is 2.75. The van der Waals surface area contributed by atoms with E-state index >= 15 is 0 Å². The minimum atomic E-state index is 0.389. The maximum atomic E-state index is 5.59. The summed E-state index contributed by atoms with van der Waals surface area (Å²) >= 11 is 5.59. The lowest BCUT2D eigenvalue weighted by atomic mass is 10.3. The molecule has 1 aromatic rings. The van der Waals surface area contributed by atoms with Crippen molar-refractivity contribution in [3.8, 4) is 0 Å². The lowest BCUT2D eigenvalue weighted by molar-refractivity contribution is 1.01. The third-order valence-electron chi connectivity index (χ3n) is 0.953. The fourth-order valence-corrected chi connectivity index (χ4v) is 0.650. The van der Waals surface area contributed by atoms with Crippen LogP contribution in [-0.2, 0) is 6.54 Å². The molecule has 0 unspecified atom stereocenters. The van der Waals surface area contributed by atoms with Gasteiger partial charge >= 0.3 is 0 Å². The van der Waals surface area contributed by atoms with E-state index in [1.807, 2.05) is 0 Å². The molecule has 0 amide bonds. The van der Waals surface area contributed by atoms with E-state index in [-0.39, 0.29) is 0 Å². The number of hydrogen-bond acceptors (Lipinski definition) is 3. The van der Waals surface area contributed by atoms with Crippen LogP contribution in [0.25, 0.3) is 0 Å². The van der Waals surface area contributed by atoms with Crippen LogP contribution in [0.1, 0.15) is 5.56 Å². The van der Waals surface area contributed by atoms with Crippen LogP contribution in [0, 0.1) is 0 Å². The summed E-state index contributed by atoms with van der Waals surface area (Å²) in [6.45, 7) is 0.389. The van der Waals surface area contributed by atoms with Gasteiger partial charge in [0.2, 0.25) is 0 Å². The minimum absolute atomic E-state index is 0.389. The first kappa shape index (κ1) is 6.45. The van der Waals surface area contributed by atoms with Crippen LogP contribution in [0.4, 0.5) is 0 Å². The molecule has 0 atom stereocenters. The fourth-order valence-electron chi connectivity index (χ4n) is 0.480. The zero-order chi connectivity index (χ0) is 6.69. The van der Waals surface area contributed by atoms with Crippen molar-refractivity contribution in [1.82, 2.24) is 9.97 Å². The lowest BCUT2D eigenvalue weighted by Gasteiger charge is -1.94. The summed E-state index contributed by atoms with van der Waals surface area (Å²) in [6.07, 6.45) is 3.00. The van der Waals surface area contributed by atoms with Crippen molar-refractivity contribution in [1.29, 1.82) is 0 Å². The first-order valence-corrected chi connectivity index (χ1v) is 2.87. The zero-order valence-corrected chi connectivity index (χ0v) is 5.47. The Morgan fingerprint density at radius 1 is 1.67 bits per heavy atom. The van der Waals surface area contributed by atoms with Crippen LogP contribution in [0.5, 0.6) is 0 Å². The number of halogens is 1. The average molecular weight is 144 g/mol. The predicted octanol–water partition coefficient (Wildman–Crippen LogP) is 0.589. The van der Waals surface area contributed by atoms with Gasteiger partial charge in [-0.05, 0) is 0 Å². The Labute approximate surface area is 57.9 Å². The Balaban J connectivity index is 3.01. The maximum absolute atomic E-state index is 5.59. The fraction of sp³-hybridized carbons (Fsp3) is 0.200. The summed E-state index contributed by atoms with van der Waals surface area (Å²) in [5.74, 6) is 0. The van der Waals surface area contributed by atoms with Gasteiger partial charge < -0.3 is 5.73 Å². The average Bonchev–Trinajstić information content (AvgIpc) is 1.89. The van der Waals surface area contributed by atoms with Crippen LogP contribution < -0.4 is 5.73 Å². The second-order valence-corrected chi connectivity index (χ2v) is 1.90. The second-order valence-electron chi connectivity index (χ2n) is 1.54. The molecule has 0 bridgehead atoms. The van der Waals surface area contributed by atoms with E-state index in [9.17, 15) is 0 Å². The van der Waals surface area contributed by atoms with Crippen molar-refractivity contribution >= 4 is 11.6 Å². The van der Waals surface area contributed by atoms with Crippen LogP contribution in [-0.4, -0.2) is 9.97 Å². The van der Waals surface area contributed by atoms with E-state index in [1.54, 1.807) is 6.20 Å². The molecule has 0 aliphatic heterocycles. The van der Waals surface area contributed by atoms with Gasteiger partial charge in [0.05, 0.1) is 0 Å². The van der Waals surface area contributed by atoms with Gasteiger partial charge in [0.15, 0.2) is 0 Å². The highest BCUT2D eigenvalue weighted by atomic mass is 35.5. The molecular weight excluding hydrogens is 138 g/mol. The van der Waals surface area contributed by atoms with Crippen molar-refractivity contribution in [2.45, 2.75) is 6.54 Å². The summed E-state index contributed by atoms with van der Waals surface area (Å²) in [7, 11) is 0. The van der Waals surface area contributed by atoms with Crippen molar-refractivity contribution in [2.75, 3.05) is 0 Å². The Hall–Kier alpha value is -0.670. The molecule has 4 heteroatoms. The molecule has 0 aliphatic carbocycles. The van der Waals surface area contributed by atoms with Crippen LogP contribution >= 0.6 is 11.6 Å². The van der Waals surface area contributed by atoms with Gasteiger partial charge in [0.1, 0.15) is 11.5 Å². The van der Waals surface area contributed by atoms with E-state index in [1.165, 1.54) is 6.33 Å². The van der Waals surface area contributed by atoms with E-state index in [2.05, 4.69) is 9.97 Å². The van der Waals surface area contributed by atoms with Crippen LogP contribution in [0.15, 0.2) is 12.5 Å². The summed E-state index contributed by atoms with van der Waals surface area (Å²) in [5, 5.41) is 0.438. The van der Waals surface area contributed by atoms with Gasteiger partial charge in [-0.3, -0.25) is 0 Å². The summed E-state index contributed by atoms with van der Waals surface area (Å²) in [6, 6.07) is 0. The van der Waals surface area contributed by atoms with Crippen molar-refractivity contribution < 1.29 is 0 Å². The van der Waals surface area contributed by atoms with Gasteiger partial charge in [-0.1, -0.05) is 11.6 Å². The highest BCUT2D eigenvalue weighted by Gasteiger charge is 1.95. The predicted molar refractivity (Wildman–Crippen MR) is 34.9 cm³/mol. The number of nitrogens with two attached hydrogens (primary N) is 1. The SMILES string of the molecule is NCc1cncnc1Cl. The number of aromatic nitrogens is 2. The molecule has 0 saturated carbocycles. The van der Waals surface area contributed by atoms with E-state index < -0.39 is 0 Å². The molecule has 0 fully saturated rings. The smallest absolute Gasteiger partial charge is 0.136 e. The Morgan fingerprint density at radius 3 is 2.89 bits per heavy atom. The Bertz CT molecular complexity index is 201. The molecule has 1 rings (SSSR count). The molecule has 0 spiro atoms. The first-order valence-electron chi connectivity index (χ1n) is 2.49. The highest BCUT2D eigenvalue weighted by molar-refractivity contribution is 6.30. The lowest BCUT2D eigenvalue weighted by Crippen LogP contribution is -1.98. The van der Waals surface area contributed by atoms with E-state index in [4.69, 9.17) is 17.3 Å². The summed E-state index contributed by atoms with van der Waals surface area (Å²) in [4.78, 5) is 7.47. The molecule has 1 heterocycles. The van der Waals surface area contributed by atoms with Gasteiger partial charge in [-0.15, -0.1) is 0 Å². The zero-order valence-electron chi connectivity index (χ0n) is 4.71. The number of hydrogen-bond donors (Lipinski definition) is 1. The quantitative estimate of drug-likeness (QED) is 0.586. The molecule has 0 radical (unpaired) electrons. The maximum Gasteiger partial charge on any atom is 0.136 e. The molecule has 2 N–H and O–H groups in total. The highest BCUT2D eigenvalue weighted by Crippen LogP contribution is 2.07. The number of rotatable bonds is 1. The molecule has 0 aliphatic rings. The minimum Gasteiger partial charge on any atom is -0.326 e. The molecule has 1 aromatic heterocycles. The molecule has 0 aromatic carbocycles. The molecule has 48 valence electrons. The third-order valence-corrected chi connectivity index (χ3v) is 1.29. The van der Waals surface area contributed by atoms with Crippen molar-refractivity contribution in [2.24, 2.45) is 5.73 Å². The van der Waals surface area contributed by atoms with Crippen LogP contribution in [0.2, 0.25) is 5.15 Å². The Kier molecular flexibility index (Phi) is 1.97. The standard InChI is InChI=1S/C5H6ClN3/c6-5-4(1-7)2-8-3-9-5/h2-3H,1,7H2. The number of nitrogens with zero attached hydrogens (tertiary/aromatic N) is 2. The van der Waals surface area contributed by atoms with Crippen molar-refractivity contribution in [3.05, 3.63) is 23.2 Å². The molecular formula is C5H6ClN3. The first-order chi connectivity index (χ1) is 4.34. The van der Waals surface area contributed by atoms with E-state index in [0.29, 0.717) is 11.7 Å². The Morgan fingerprint density at radius 2 is 2.44 bits per heavy atom. The summed E-state index contributed by atoms with van der Waals surface area (Å²) < 4.78 is 0. The van der Waals surface area contributed by atoms with Gasteiger partial charge in [-0.2, -0.15) is 0 Å². The monoisotopic (exact) mass is 143 g/mol. The van der Waals surface area contributed by atoms with Crippen LogP contribution in [0.3, 0.4) is 0 Å². The van der Waals surface area contributed by atoms with Crippen molar-refractivity contribution in [3.63, 3.8) is 0 Å². The topological polar surface area (TPSA) is 51.8 Å². The van der Waals surface area contributed by atoms with Gasteiger partial charge in [-0.25, -0.2) is 9.97 Å². The molecule has 0 saturated heterocycles. The summed E-state index contributed by atoms with van der Waals surface area (Å²) in [5.41, 5.74) is 6.06. The largest absolute Gasteiger partial charge is 0.326 e. The molecule has 3 nitrogen and oxygen atoms in total. The normalized spacial score (nSPS) is 9.56.